The minimum absolute atomic E-state index is 0.171. The molecule has 5 saturated carbocycles. The second-order valence-electron chi connectivity index (χ2n) is 11.4. The Morgan fingerprint density at radius 3 is 2.09 bits per heavy atom. The van der Waals surface area contributed by atoms with Gasteiger partial charge < -0.3 is 11.1 Å². The highest BCUT2D eigenvalue weighted by Crippen LogP contribution is 2.68. The predicted octanol–water partition coefficient (Wildman–Crippen LogP) is 6.48. The third kappa shape index (κ3) is 4.06. The lowest BCUT2D eigenvalue weighted by Crippen LogP contribution is -2.63. The van der Waals surface area contributed by atoms with Crippen LogP contribution in [0.15, 0.2) is 65.6 Å². The van der Waals surface area contributed by atoms with Crippen molar-refractivity contribution in [3.63, 3.8) is 0 Å². The van der Waals surface area contributed by atoms with Gasteiger partial charge in [-0.25, -0.2) is 0 Å². The molecule has 2 atom stereocenters. The molecule has 5 fully saturated rings. The minimum Gasteiger partial charge on any atom is -0.376 e. The maximum Gasteiger partial charge on any atom is 0.0818 e. The summed E-state index contributed by atoms with van der Waals surface area (Å²) in [6.45, 7) is 0. The molecule has 5 aliphatic carbocycles. The van der Waals surface area contributed by atoms with Gasteiger partial charge in [-0.3, -0.25) is 0 Å². The molecule has 0 radical (unpaired) electrons. The zero-order valence-corrected chi connectivity index (χ0v) is 21.1. The highest BCUT2D eigenvalue weighted by molar-refractivity contribution is 8.00. The number of benzene rings is 2. The quantitative estimate of drug-likeness (QED) is 0.484. The van der Waals surface area contributed by atoms with Crippen molar-refractivity contribution in [2.75, 3.05) is 0 Å². The predicted molar refractivity (Wildman–Crippen MR) is 143 cm³/mol. The van der Waals surface area contributed by atoms with Gasteiger partial charge in [0.2, 0.25) is 0 Å². The molecule has 2 unspecified atom stereocenters. The van der Waals surface area contributed by atoms with Crippen molar-refractivity contribution in [2.24, 2.45) is 23.0 Å². The molecule has 174 valence electrons. The van der Waals surface area contributed by atoms with Crippen LogP contribution in [0.3, 0.4) is 0 Å². The Morgan fingerprint density at radius 2 is 1.45 bits per heavy atom. The number of nitrogens with two attached hydrogens (primary N) is 1. The number of rotatable bonds is 5. The first-order chi connectivity index (χ1) is 16.1. The fraction of sp³-hybridized carbons (Fsp3) is 0.552. The van der Waals surface area contributed by atoms with Gasteiger partial charge in [0.05, 0.1) is 4.99 Å². The Morgan fingerprint density at radius 1 is 0.848 bits per heavy atom. The van der Waals surface area contributed by atoms with Gasteiger partial charge in [0.15, 0.2) is 0 Å². The first-order valence-corrected chi connectivity index (χ1v) is 14.2. The summed E-state index contributed by atoms with van der Waals surface area (Å²) in [6.07, 6.45) is 11.0. The summed E-state index contributed by atoms with van der Waals surface area (Å²) in [6, 6.07) is 23.4. The lowest BCUT2D eigenvalue weighted by Gasteiger charge is -2.65. The van der Waals surface area contributed by atoms with Crippen LogP contribution in [0.2, 0.25) is 0 Å². The minimum atomic E-state index is 0.171. The van der Waals surface area contributed by atoms with E-state index in [0.29, 0.717) is 22.7 Å². The Bertz CT molecular complexity index is 967. The average Bonchev–Trinajstić information content (AvgIpc) is 2.84. The summed E-state index contributed by atoms with van der Waals surface area (Å²) in [4.78, 5) is 2.61. The third-order valence-electron chi connectivity index (χ3n) is 9.21. The van der Waals surface area contributed by atoms with E-state index < -0.39 is 0 Å². The van der Waals surface area contributed by atoms with Crippen molar-refractivity contribution in [1.82, 2.24) is 5.32 Å². The molecule has 0 spiro atoms. The Hall–Kier alpha value is -1.36. The molecule has 4 heteroatoms. The van der Waals surface area contributed by atoms with E-state index >= 15 is 0 Å². The molecule has 3 N–H and O–H groups in total. The Balaban J connectivity index is 1.29. The van der Waals surface area contributed by atoms with Gasteiger partial charge in [0, 0.05) is 27.6 Å². The topological polar surface area (TPSA) is 38.0 Å². The van der Waals surface area contributed by atoms with Gasteiger partial charge >= 0.3 is 0 Å². The lowest BCUT2D eigenvalue weighted by atomic mass is 9.42. The van der Waals surface area contributed by atoms with E-state index in [4.69, 9.17) is 18.0 Å². The maximum absolute atomic E-state index is 6.27. The second-order valence-corrected chi connectivity index (χ2v) is 13.1. The molecule has 0 aliphatic heterocycles. The van der Waals surface area contributed by atoms with E-state index in [2.05, 4.69) is 77.7 Å². The van der Waals surface area contributed by atoms with Crippen LogP contribution in [0.4, 0.5) is 0 Å². The summed E-state index contributed by atoms with van der Waals surface area (Å²) in [5.41, 5.74) is 8.19. The molecular weight excluding hydrogens is 440 g/mol. The molecule has 7 rings (SSSR count). The van der Waals surface area contributed by atoms with Crippen LogP contribution in [-0.4, -0.2) is 22.3 Å². The number of hydrogen-bond acceptors (Lipinski definition) is 3. The van der Waals surface area contributed by atoms with Crippen molar-refractivity contribution >= 4 is 29.0 Å². The smallest absolute Gasteiger partial charge is 0.0818 e. The summed E-state index contributed by atoms with van der Waals surface area (Å²) in [5.74, 6) is 1.47. The number of nitrogens with one attached hydrogen (secondary N) is 1. The zero-order chi connectivity index (χ0) is 22.5. The SMILES string of the molecule is N[C@H]1CC[C@H](NC(=S)C23CC4CC(c5ccccc5)(CC(C2)C4Sc2ccccc2)C3)CC1. The summed E-state index contributed by atoms with van der Waals surface area (Å²) in [5, 5.41) is 4.61. The zero-order valence-electron chi connectivity index (χ0n) is 19.4. The van der Waals surface area contributed by atoms with E-state index in [-0.39, 0.29) is 5.41 Å². The van der Waals surface area contributed by atoms with Crippen molar-refractivity contribution in [3.05, 3.63) is 66.2 Å². The van der Waals surface area contributed by atoms with Crippen LogP contribution in [0.5, 0.6) is 0 Å². The molecule has 0 saturated heterocycles. The number of thiocarbonyl (C=S) groups is 1. The van der Waals surface area contributed by atoms with Crippen LogP contribution in [0.25, 0.3) is 0 Å². The van der Waals surface area contributed by atoms with Crippen LogP contribution in [0, 0.1) is 17.3 Å². The Labute approximate surface area is 208 Å². The molecule has 0 heterocycles. The van der Waals surface area contributed by atoms with E-state index in [9.17, 15) is 0 Å². The first kappa shape index (κ1) is 22.1. The molecule has 5 aliphatic rings. The summed E-state index contributed by atoms with van der Waals surface area (Å²) in [7, 11) is 0. The van der Waals surface area contributed by atoms with Gasteiger partial charge in [-0.2, -0.15) is 0 Å². The van der Waals surface area contributed by atoms with E-state index in [1.807, 2.05) is 0 Å². The number of hydrogen-bond donors (Lipinski definition) is 2. The largest absolute Gasteiger partial charge is 0.376 e. The van der Waals surface area contributed by atoms with E-state index in [1.54, 1.807) is 5.56 Å². The third-order valence-corrected chi connectivity index (χ3v) is 11.3. The fourth-order valence-electron chi connectivity index (χ4n) is 7.95. The monoisotopic (exact) mass is 476 g/mol. The van der Waals surface area contributed by atoms with Crippen LogP contribution in [0.1, 0.15) is 63.4 Å². The van der Waals surface area contributed by atoms with E-state index in [1.165, 1.54) is 54.8 Å². The van der Waals surface area contributed by atoms with Crippen molar-refractivity contribution in [3.8, 4) is 0 Å². The van der Waals surface area contributed by atoms with Crippen molar-refractivity contribution < 1.29 is 0 Å². The van der Waals surface area contributed by atoms with Gasteiger partial charge in [-0.1, -0.05) is 60.7 Å². The van der Waals surface area contributed by atoms with Gasteiger partial charge in [-0.15, -0.1) is 11.8 Å². The summed E-state index contributed by atoms with van der Waals surface area (Å²) >= 11 is 8.42. The summed E-state index contributed by atoms with van der Waals surface area (Å²) < 4.78 is 0. The standard InChI is InChI=1S/C29H36N2S2/c30-23-11-13-24(14-12-23)31-27(32)29-17-20-15-28(19-29,22-7-3-1-4-8-22)16-21(18-29)26(20)33-25-9-5-2-6-10-25/h1-10,20-21,23-24,26H,11-19,30H2,(H,31,32)/t20?,21?,23-,24-,26?,28?,29?. The second kappa shape index (κ2) is 8.70. The van der Waals surface area contributed by atoms with Gasteiger partial charge in [-0.05, 0) is 92.7 Å². The molecule has 33 heavy (non-hydrogen) atoms. The lowest BCUT2D eigenvalue weighted by molar-refractivity contribution is -0.0297. The fourth-order valence-corrected chi connectivity index (χ4v) is 9.75. The molecular formula is C29H36N2S2. The molecule has 2 aromatic carbocycles. The highest BCUT2D eigenvalue weighted by Gasteiger charge is 2.63. The molecule has 4 bridgehead atoms. The maximum atomic E-state index is 6.27. The first-order valence-electron chi connectivity index (χ1n) is 12.9. The van der Waals surface area contributed by atoms with Gasteiger partial charge in [0.1, 0.15) is 0 Å². The molecule has 2 nitrogen and oxygen atoms in total. The van der Waals surface area contributed by atoms with Gasteiger partial charge in [0.25, 0.3) is 0 Å². The van der Waals surface area contributed by atoms with Crippen LogP contribution in [-0.2, 0) is 5.41 Å². The molecule has 2 aromatic rings. The normalized spacial score (nSPS) is 39.4. The van der Waals surface area contributed by atoms with Crippen LogP contribution < -0.4 is 11.1 Å². The van der Waals surface area contributed by atoms with E-state index in [0.717, 1.165) is 24.7 Å². The van der Waals surface area contributed by atoms with Crippen molar-refractivity contribution in [1.29, 1.82) is 0 Å². The number of thioether (sulfide) groups is 1. The molecule has 0 amide bonds. The average molecular weight is 477 g/mol. The van der Waals surface area contributed by atoms with Crippen LogP contribution >= 0.6 is 24.0 Å². The highest BCUT2D eigenvalue weighted by atomic mass is 32.2. The Kier molecular flexibility index (Phi) is 5.83. The molecule has 0 aromatic heterocycles. The van der Waals surface area contributed by atoms with Crippen molar-refractivity contribution in [2.45, 2.75) is 85.4 Å².